The van der Waals surface area contributed by atoms with Gasteiger partial charge in [0, 0.05) is 21.7 Å². The average Bonchev–Trinajstić information content (AvgIpc) is 3.17. The van der Waals surface area contributed by atoms with Gasteiger partial charge in [0.25, 0.3) is 0 Å². The zero-order valence-electron chi connectivity index (χ0n) is 26.5. The molecule has 1 nitrogen and oxygen atoms in total. The molecule has 49 heavy (non-hydrogen) atoms. The predicted molar refractivity (Wildman–Crippen MR) is 206 cm³/mol. The van der Waals surface area contributed by atoms with Gasteiger partial charge in [-0.15, -0.1) is 0 Å². The number of pyridine rings is 1. The van der Waals surface area contributed by atoms with Gasteiger partial charge in [0.15, 0.2) is 0 Å². The molecular weight excluding hydrogens is 598 g/mol. The van der Waals surface area contributed by atoms with Gasteiger partial charge in [-0.3, -0.25) is 0 Å². The quantitative estimate of drug-likeness (QED) is 0.141. The molecule has 228 valence electrons. The van der Waals surface area contributed by atoms with Gasteiger partial charge < -0.3 is 0 Å². The summed E-state index contributed by atoms with van der Waals surface area (Å²) in [6, 6.07) is 58.9. The van der Waals surface area contributed by atoms with Crippen LogP contribution >= 0.6 is 0 Å². The van der Waals surface area contributed by atoms with E-state index in [9.17, 15) is 4.39 Å². The minimum absolute atomic E-state index is 0.260. The Bertz CT molecular complexity index is 2870. The summed E-state index contributed by atoms with van der Waals surface area (Å²) in [4.78, 5) is 5.45. The summed E-state index contributed by atoms with van der Waals surface area (Å²) < 4.78 is 14.2. The Kier molecular flexibility index (Phi) is 6.13. The van der Waals surface area contributed by atoms with Crippen molar-refractivity contribution in [3.05, 3.63) is 176 Å². The highest BCUT2D eigenvalue weighted by molar-refractivity contribution is 6.34. The molecule has 0 radical (unpaired) electrons. The molecule has 0 spiro atoms. The maximum absolute atomic E-state index is 14.2. The molecule has 1 heterocycles. The van der Waals surface area contributed by atoms with Gasteiger partial charge in [0.05, 0.1) is 11.2 Å². The molecule has 10 aromatic rings. The summed E-state index contributed by atoms with van der Waals surface area (Å²) in [6.07, 6.45) is 0. The average molecular weight is 626 g/mol. The largest absolute Gasteiger partial charge is 0.247 e. The van der Waals surface area contributed by atoms with Crippen molar-refractivity contribution in [2.24, 2.45) is 0 Å². The summed E-state index contributed by atoms with van der Waals surface area (Å²) in [5.74, 6) is -0.260. The highest BCUT2D eigenvalue weighted by atomic mass is 19.1. The molecular formula is C47H28FN. The monoisotopic (exact) mass is 625 g/mol. The minimum Gasteiger partial charge on any atom is -0.247 e. The van der Waals surface area contributed by atoms with Gasteiger partial charge in [-0.05, 0) is 95.7 Å². The molecule has 0 N–H and O–H groups in total. The molecule has 0 fully saturated rings. The van der Waals surface area contributed by atoms with Crippen molar-refractivity contribution in [2.75, 3.05) is 0 Å². The topological polar surface area (TPSA) is 12.9 Å². The fourth-order valence-corrected chi connectivity index (χ4v) is 8.01. The van der Waals surface area contributed by atoms with Crippen LogP contribution in [-0.4, -0.2) is 4.98 Å². The van der Waals surface area contributed by atoms with Crippen molar-refractivity contribution in [3.63, 3.8) is 0 Å². The highest BCUT2D eigenvalue weighted by Crippen LogP contribution is 2.46. The van der Waals surface area contributed by atoms with Crippen LogP contribution in [0.2, 0.25) is 0 Å². The second-order valence-corrected chi connectivity index (χ2v) is 12.7. The van der Waals surface area contributed by atoms with Crippen LogP contribution in [0.4, 0.5) is 4.39 Å². The Labute approximate surface area is 282 Å². The summed E-state index contributed by atoms with van der Waals surface area (Å²) in [6.45, 7) is 0. The lowest BCUT2D eigenvalue weighted by Gasteiger charge is -2.19. The summed E-state index contributed by atoms with van der Waals surface area (Å²) in [5, 5.41) is 12.9. The van der Waals surface area contributed by atoms with Crippen LogP contribution in [-0.2, 0) is 0 Å². The smallest absolute Gasteiger partial charge is 0.123 e. The van der Waals surface area contributed by atoms with Crippen molar-refractivity contribution >= 4 is 64.8 Å². The van der Waals surface area contributed by atoms with E-state index in [2.05, 4.69) is 146 Å². The SMILES string of the molecule is Fc1ccc(-c2nc3cc(-c4c5ccccc5c(-c5ccccc5)c5ccccc45)ccc3c3c4ccccc4c4ccccc4c23)cc1. The molecule has 2 heteroatoms. The number of nitrogens with zero attached hydrogens (tertiary/aromatic N) is 1. The zero-order chi connectivity index (χ0) is 32.5. The number of benzene rings is 9. The number of halogens is 1. The van der Waals surface area contributed by atoms with E-state index >= 15 is 0 Å². The van der Waals surface area contributed by atoms with Gasteiger partial charge in [0.1, 0.15) is 5.82 Å². The Balaban J connectivity index is 1.35. The number of fused-ring (bicyclic) bond motifs is 10. The highest BCUT2D eigenvalue weighted by Gasteiger charge is 2.20. The Morgan fingerprint density at radius 1 is 0.327 bits per heavy atom. The lowest BCUT2D eigenvalue weighted by atomic mass is 9.85. The summed E-state index contributed by atoms with van der Waals surface area (Å²) in [7, 11) is 0. The predicted octanol–water partition coefficient (Wildman–Crippen LogP) is 13.1. The number of aromatic nitrogens is 1. The standard InChI is InChI=1S/C47H28FN/c48-32-25-22-30(23-26-32)47-46-36-17-7-5-15-34(36)33-14-4-6-16-35(33)45(46)41-27-24-31(28-42(41)49-47)44-39-20-10-8-18-37(39)43(29-12-2-1-3-13-29)38-19-9-11-21-40(38)44/h1-28H. The molecule has 0 aliphatic rings. The van der Waals surface area contributed by atoms with Crippen molar-refractivity contribution in [1.82, 2.24) is 4.98 Å². The fraction of sp³-hybridized carbons (Fsp3) is 0. The Morgan fingerprint density at radius 2 is 0.776 bits per heavy atom. The molecule has 0 bridgehead atoms. The van der Waals surface area contributed by atoms with Crippen LogP contribution < -0.4 is 0 Å². The lowest BCUT2D eigenvalue weighted by Crippen LogP contribution is -1.94. The molecule has 0 amide bonds. The van der Waals surface area contributed by atoms with Crippen LogP contribution in [0.15, 0.2) is 170 Å². The van der Waals surface area contributed by atoms with E-state index in [4.69, 9.17) is 4.98 Å². The van der Waals surface area contributed by atoms with Crippen molar-refractivity contribution in [2.45, 2.75) is 0 Å². The Hall–Kier alpha value is -6.38. The van der Waals surface area contributed by atoms with Crippen molar-refractivity contribution in [3.8, 4) is 33.5 Å². The minimum atomic E-state index is -0.260. The van der Waals surface area contributed by atoms with Crippen LogP contribution in [0.5, 0.6) is 0 Å². The first-order chi connectivity index (χ1) is 24.2. The van der Waals surface area contributed by atoms with Gasteiger partial charge in [0.2, 0.25) is 0 Å². The molecule has 9 aromatic carbocycles. The van der Waals surface area contributed by atoms with Gasteiger partial charge in [-0.25, -0.2) is 9.37 Å². The van der Waals surface area contributed by atoms with E-state index in [1.54, 1.807) is 0 Å². The molecule has 1 aromatic heterocycles. The molecule has 0 aliphatic carbocycles. The molecule has 0 saturated carbocycles. The first kappa shape index (κ1) is 27.7. The van der Waals surface area contributed by atoms with E-state index in [-0.39, 0.29) is 5.82 Å². The zero-order valence-corrected chi connectivity index (χ0v) is 26.5. The second-order valence-electron chi connectivity index (χ2n) is 12.7. The van der Waals surface area contributed by atoms with Crippen LogP contribution in [0.1, 0.15) is 0 Å². The van der Waals surface area contributed by atoms with Gasteiger partial charge in [-0.1, -0.05) is 140 Å². The molecule has 0 unspecified atom stereocenters. The molecule has 10 rings (SSSR count). The summed E-state index contributed by atoms with van der Waals surface area (Å²) >= 11 is 0. The lowest BCUT2D eigenvalue weighted by molar-refractivity contribution is 0.628. The van der Waals surface area contributed by atoms with Crippen molar-refractivity contribution < 1.29 is 4.39 Å². The van der Waals surface area contributed by atoms with E-state index in [1.807, 2.05) is 12.1 Å². The molecule has 0 saturated heterocycles. The third-order valence-corrected chi connectivity index (χ3v) is 10.1. The van der Waals surface area contributed by atoms with Crippen LogP contribution in [0.3, 0.4) is 0 Å². The third-order valence-electron chi connectivity index (χ3n) is 10.1. The van der Waals surface area contributed by atoms with Gasteiger partial charge >= 0.3 is 0 Å². The van der Waals surface area contributed by atoms with E-state index in [0.29, 0.717) is 0 Å². The van der Waals surface area contributed by atoms with Gasteiger partial charge in [-0.2, -0.15) is 0 Å². The van der Waals surface area contributed by atoms with Crippen LogP contribution in [0.25, 0.3) is 98.3 Å². The maximum Gasteiger partial charge on any atom is 0.123 e. The van der Waals surface area contributed by atoms with E-state index < -0.39 is 0 Å². The first-order valence-corrected chi connectivity index (χ1v) is 16.7. The van der Waals surface area contributed by atoms with E-state index in [0.717, 1.165) is 38.5 Å². The number of rotatable bonds is 3. The van der Waals surface area contributed by atoms with E-state index in [1.165, 1.54) is 71.9 Å². The fourth-order valence-electron chi connectivity index (χ4n) is 8.01. The third kappa shape index (κ3) is 4.21. The Morgan fingerprint density at radius 3 is 1.35 bits per heavy atom. The molecule has 0 aliphatic heterocycles. The van der Waals surface area contributed by atoms with Crippen LogP contribution in [0, 0.1) is 5.82 Å². The number of hydrogen-bond donors (Lipinski definition) is 0. The second kappa shape index (κ2) is 10.8. The first-order valence-electron chi connectivity index (χ1n) is 16.7. The summed E-state index contributed by atoms with van der Waals surface area (Å²) in [5.41, 5.74) is 7.42. The normalized spacial score (nSPS) is 11.8. The molecule has 0 atom stereocenters. The maximum atomic E-state index is 14.2. The van der Waals surface area contributed by atoms with Crippen molar-refractivity contribution in [1.29, 1.82) is 0 Å². The number of hydrogen-bond acceptors (Lipinski definition) is 1.